The van der Waals surface area contributed by atoms with Crippen LogP contribution in [0.25, 0.3) is 0 Å². The number of nitrogens with two attached hydrogens (primary N) is 1. The fourth-order valence-electron chi connectivity index (χ4n) is 1.47. The zero-order valence-corrected chi connectivity index (χ0v) is 12.2. The number of nitrogens with zero attached hydrogens (tertiary/aromatic N) is 2. The molecule has 10 heteroatoms. The van der Waals surface area contributed by atoms with E-state index in [0.717, 1.165) is 23.5 Å². The Hall–Kier alpha value is -1.94. The normalized spacial score (nSPS) is 11.3. The third kappa shape index (κ3) is 2.80. The molecule has 0 saturated heterocycles. The van der Waals surface area contributed by atoms with Crippen molar-refractivity contribution in [3.05, 3.63) is 23.0 Å². The van der Waals surface area contributed by atoms with Crippen LogP contribution in [0.1, 0.15) is 5.01 Å². The smallest absolute Gasteiger partial charge is 0.263 e. The van der Waals surface area contributed by atoms with Gasteiger partial charge in [0.1, 0.15) is 5.01 Å². The Morgan fingerprint density at radius 1 is 1.40 bits per heavy atom. The first-order valence-corrected chi connectivity index (χ1v) is 7.59. The van der Waals surface area contributed by atoms with Crippen molar-refractivity contribution in [2.45, 2.75) is 11.8 Å². The minimum atomic E-state index is -3.99. The SMILES string of the molecule is COc1c(N)cc(S(=O)(=O)Nc2nnc(C)s2)cc1F. The number of nitrogens with one attached hydrogen (secondary N) is 1. The lowest BCUT2D eigenvalue weighted by atomic mass is 10.3. The highest BCUT2D eigenvalue weighted by Crippen LogP contribution is 2.29. The number of hydrogen-bond acceptors (Lipinski definition) is 7. The summed E-state index contributed by atoms with van der Waals surface area (Å²) in [7, 11) is -2.75. The number of nitrogen functional groups attached to an aromatic ring is 1. The predicted molar refractivity (Wildman–Crippen MR) is 72.8 cm³/mol. The maximum Gasteiger partial charge on any atom is 0.263 e. The molecule has 1 aromatic carbocycles. The number of sulfonamides is 1. The van der Waals surface area contributed by atoms with Crippen LogP contribution in [-0.2, 0) is 10.0 Å². The van der Waals surface area contributed by atoms with Gasteiger partial charge in [-0.2, -0.15) is 0 Å². The standard InChI is InChI=1S/C10H11FN4O3S2/c1-5-13-14-10(19-5)15-20(16,17)6-3-7(11)9(18-2)8(12)4-6/h3-4H,12H2,1-2H3,(H,14,15). The molecule has 2 rings (SSSR count). The summed E-state index contributed by atoms with van der Waals surface area (Å²) in [6.45, 7) is 1.68. The Balaban J connectivity index is 2.39. The summed E-state index contributed by atoms with van der Waals surface area (Å²) in [6.07, 6.45) is 0. The lowest BCUT2D eigenvalue weighted by Crippen LogP contribution is -2.14. The highest BCUT2D eigenvalue weighted by Gasteiger charge is 2.20. The van der Waals surface area contributed by atoms with Crippen LogP contribution in [0.3, 0.4) is 0 Å². The van der Waals surface area contributed by atoms with E-state index in [0.29, 0.717) is 5.01 Å². The molecule has 20 heavy (non-hydrogen) atoms. The zero-order chi connectivity index (χ0) is 14.9. The Morgan fingerprint density at radius 3 is 2.60 bits per heavy atom. The van der Waals surface area contributed by atoms with Gasteiger partial charge in [-0.05, 0) is 19.1 Å². The number of benzene rings is 1. The van der Waals surface area contributed by atoms with Crippen molar-refractivity contribution in [1.82, 2.24) is 10.2 Å². The third-order valence-electron chi connectivity index (χ3n) is 2.31. The average Bonchev–Trinajstić information content (AvgIpc) is 2.73. The second kappa shape index (κ2) is 5.21. The van der Waals surface area contributed by atoms with Gasteiger partial charge in [-0.3, -0.25) is 4.72 Å². The average molecular weight is 318 g/mol. The van der Waals surface area contributed by atoms with E-state index in [2.05, 4.69) is 14.9 Å². The van der Waals surface area contributed by atoms with Crippen LogP contribution in [-0.4, -0.2) is 25.7 Å². The maximum absolute atomic E-state index is 13.7. The molecule has 108 valence electrons. The summed E-state index contributed by atoms with van der Waals surface area (Å²) < 4.78 is 44.8. The lowest BCUT2D eigenvalue weighted by Gasteiger charge is -2.09. The van der Waals surface area contributed by atoms with E-state index in [-0.39, 0.29) is 21.5 Å². The van der Waals surface area contributed by atoms with Crippen molar-refractivity contribution in [1.29, 1.82) is 0 Å². The third-order valence-corrected chi connectivity index (χ3v) is 4.51. The molecule has 3 N–H and O–H groups in total. The molecule has 0 spiro atoms. The van der Waals surface area contributed by atoms with Crippen molar-refractivity contribution in [2.24, 2.45) is 0 Å². The van der Waals surface area contributed by atoms with Gasteiger partial charge in [0.25, 0.3) is 10.0 Å². The number of methoxy groups -OCH3 is 1. The van der Waals surface area contributed by atoms with Crippen molar-refractivity contribution >= 4 is 32.2 Å². The van der Waals surface area contributed by atoms with Crippen LogP contribution in [0.2, 0.25) is 0 Å². The summed E-state index contributed by atoms with van der Waals surface area (Å²) in [5.41, 5.74) is 5.43. The largest absolute Gasteiger partial charge is 0.492 e. The van der Waals surface area contributed by atoms with Gasteiger partial charge in [-0.15, -0.1) is 10.2 Å². The number of hydrogen-bond donors (Lipinski definition) is 2. The summed E-state index contributed by atoms with van der Waals surface area (Å²) in [5, 5.41) is 8.01. The fourth-order valence-corrected chi connectivity index (χ4v) is 3.34. The van der Waals surface area contributed by atoms with Crippen LogP contribution in [0, 0.1) is 12.7 Å². The van der Waals surface area contributed by atoms with Crippen molar-refractivity contribution in [3.8, 4) is 5.75 Å². The molecule has 0 aliphatic carbocycles. The summed E-state index contributed by atoms with van der Waals surface area (Å²) in [4.78, 5) is -0.318. The van der Waals surface area contributed by atoms with Crippen molar-refractivity contribution in [3.63, 3.8) is 0 Å². The Labute approximate surface area is 118 Å². The topological polar surface area (TPSA) is 107 Å². The second-order valence-corrected chi connectivity index (χ2v) is 6.62. The van der Waals surface area contributed by atoms with E-state index in [1.807, 2.05) is 0 Å². The van der Waals surface area contributed by atoms with Gasteiger partial charge >= 0.3 is 0 Å². The molecular weight excluding hydrogens is 307 g/mol. The van der Waals surface area contributed by atoms with Crippen molar-refractivity contribution in [2.75, 3.05) is 17.6 Å². The molecule has 0 amide bonds. The maximum atomic E-state index is 13.7. The van der Waals surface area contributed by atoms with Crippen LogP contribution in [0.4, 0.5) is 15.2 Å². The van der Waals surface area contributed by atoms with Crippen molar-refractivity contribution < 1.29 is 17.5 Å². The zero-order valence-electron chi connectivity index (χ0n) is 10.5. The van der Waals surface area contributed by atoms with Gasteiger partial charge in [-0.1, -0.05) is 11.3 Å². The van der Waals surface area contributed by atoms with E-state index in [1.165, 1.54) is 7.11 Å². The Kier molecular flexibility index (Phi) is 3.77. The molecular formula is C10H11FN4O3S2. The van der Waals surface area contributed by atoms with Gasteiger partial charge in [-0.25, -0.2) is 12.8 Å². The van der Waals surface area contributed by atoms with E-state index in [4.69, 9.17) is 10.5 Å². The van der Waals surface area contributed by atoms with Gasteiger partial charge in [0.2, 0.25) is 5.13 Å². The molecule has 7 nitrogen and oxygen atoms in total. The first kappa shape index (κ1) is 14.5. The first-order chi connectivity index (χ1) is 9.33. The number of anilines is 2. The molecule has 0 saturated carbocycles. The minimum Gasteiger partial charge on any atom is -0.492 e. The number of aromatic nitrogens is 2. The molecule has 0 bridgehead atoms. The second-order valence-electron chi connectivity index (χ2n) is 3.76. The van der Waals surface area contributed by atoms with Crippen LogP contribution < -0.4 is 15.2 Å². The van der Waals surface area contributed by atoms with Gasteiger partial charge in [0, 0.05) is 0 Å². The van der Waals surface area contributed by atoms with E-state index >= 15 is 0 Å². The predicted octanol–water partition coefficient (Wildman–Crippen LogP) is 1.38. The molecule has 1 heterocycles. The highest BCUT2D eigenvalue weighted by atomic mass is 32.2. The Bertz CT molecular complexity index is 722. The summed E-state index contributed by atoms with van der Waals surface area (Å²) >= 11 is 1.06. The minimum absolute atomic E-state index is 0.0947. The summed E-state index contributed by atoms with van der Waals surface area (Å²) in [5.74, 6) is -1.06. The number of halogens is 1. The quantitative estimate of drug-likeness (QED) is 0.825. The number of rotatable bonds is 4. The molecule has 0 atom stereocenters. The van der Waals surface area contributed by atoms with Crippen LogP contribution >= 0.6 is 11.3 Å². The Morgan fingerprint density at radius 2 is 2.10 bits per heavy atom. The van der Waals surface area contributed by atoms with Gasteiger partial charge < -0.3 is 10.5 Å². The van der Waals surface area contributed by atoms with E-state index in [1.54, 1.807) is 6.92 Å². The summed E-state index contributed by atoms with van der Waals surface area (Å²) in [6, 6.07) is 1.93. The molecule has 0 radical (unpaired) electrons. The monoisotopic (exact) mass is 318 g/mol. The van der Waals surface area contributed by atoms with Gasteiger partial charge in [0.15, 0.2) is 11.6 Å². The first-order valence-electron chi connectivity index (χ1n) is 5.29. The van der Waals surface area contributed by atoms with Crippen LogP contribution in [0.5, 0.6) is 5.75 Å². The fraction of sp³-hybridized carbons (Fsp3) is 0.200. The van der Waals surface area contributed by atoms with E-state index in [9.17, 15) is 12.8 Å². The molecule has 0 aliphatic heterocycles. The molecule has 0 unspecified atom stereocenters. The van der Waals surface area contributed by atoms with Gasteiger partial charge in [0.05, 0.1) is 17.7 Å². The van der Waals surface area contributed by atoms with E-state index < -0.39 is 15.8 Å². The highest BCUT2D eigenvalue weighted by molar-refractivity contribution is 7.93. The number of ether oxygens (including phenoxy) is 1. The molecule has 0 fully saturated rings. The molecule has 0 aliphatic rings. The molecule has 2 aromatic rings. The lowest BCUT2D eigenvalue weighted by molar-refractivity contribution is 0.388. The number of aryl methyl sites for hydroxylation is 1. The van der Waals surface area contributed by atoms with Crippen LogP contribution in [0.15, 0.2) is 17.0 Å². The molecule has 1 aromatic heterocycles.